The third kappa shape index (κ3) is 5.53. The molecule has 1 unspecified atom stereocenters. The van der Waals surface area contributed by atoms with Gasteiger partial charge in [0.15, 0.2) is 0 Å². The van der Waals surface area contributed by atoms with Crippen LogP contribution in [0, 0.1) is 11.8 Å². The highest BCUT2D eigenvalue weighted by atomic mass is 32.1. The normalized spacial score (nSPS) is 16.9. The fraction of sp³-hybridized carbons (Fsp3) is 0.684. The number of nitrogens with one attached hydrogen (secondary N) is 1. The molecule has 1 atom stereocenters. The van der Waals surface area contributed by atoms with Gasteiger partial charge in [-0.25, -0.2) is 0 Å². The molecule has 1 N–H and O–H groups in total. The van der Waals surface area contributed by atoms with Crippen LogP contribution in [-0.4, -0.2) is 35.0 Å². The number of amides is 1. The number of hydrogen-bond acceptors (Lipinski definition) is 4. The molecular weight excluding hydrogens is 391 g/mol. The molecule has 2 rings (SSSR count). The summed E-state index contributed by atoms with van der Waals surface area (Å²) in [4.78, 5) is 26.7. The lowest BCUT2D eigenvalue weighted by atomic mass is 9.96. The van der Waals surface area contributed by atoms with Gasteiger partial charge >= 0.3 is 6.18 Å². The average molecular weight is 420 g/mol. The van der Waals surface area contributed by atoms with Crippen LogP contribution < -0.4 is 10.3 Å². The minimum atomic E-state index is -4.62. The Morgan fingerprint density at radius 2 is 2.00 bits per heavy atom. The summed E-state index contributed by atoms with van der Waals surface area (Å²) in [6, 6.07) is -0.293. The van der Waals surface area contributed by atoms with Crippen molar-refractivity contribution in [1.29, 1.82) is 0 Å². The molecule has 1 aliphatic heterocycles. The first-order chi connectivity index (χ1) is 13.1. The number of alkyl halides is 3. The Labute approximate surface area is 168 Å². The number of halogens is 3. The molecule has 5 nitrogen and oxygen atoms in total. The Kier molecular flexibility index (Phi) is 7.61. The van der Waals surface area contributed by atoms with E-state index in [2.05, 4.69) is 29.4 Å². The summed E-state index contributed by atoms with van der Waals surface area (Å²) in [6.45, 7) is 8.11. The second kappa shape index (κ2) is 9.35. The number of carbonyl (C=O) groups excluding carboxylic acids is 1. The molecule has 0 aromatic carbocycles. The fourth-order valence-electron chi connectivity index (χ4n) is 3.56. The summed E-state index contributed by atoms with van der Waals surface area (Å²) >= 11 is 3.76. The van der Waals surface area contributed by atoms with Gasteiger partial charge in [0, 0.05) is 31.9 Å². The number of likely N-dealkylation sites (tertiary alicyclic amines) is 1. The third-order valence-corrected chi connectivity index (χ3v) is 5.44. The zero-order chi connectivity index (χ0) is 21.1. The molecule has 1 aromatic heterocycles. The fourth-order valence-corrected chi connectivity index (χ4v) is 3.71. The monoisotopic (exact) mass is 419 g/mol. The lowest BCUT2D eigenvalue weighted by molar-refractivity contribution is -0.138. The summed E-state index contributed by atoms with van der Waals surface area (Å²) in [6.07, 6.45) is -1.86. The number of hydrogen-bond donors (Lipinski definition) is 2. The quantitative estimate of drug-likeness (QED) is 0.636. The van der Waals surface area contributed by atoms with Gasteiger partial charge < -0.3 is 14.2 Å². The van der Waals surface area contributed by atoms with Crippen LogP contribution in [0.5, 0.6) is 0 Å². The minimum Gasteiger partial charge on any atom is -0.303 e. The molecule has 1 fully saturated rings. The largest absolute Gasteiger partial charge is 0.416 e. The van der Waals surface area contributed by atoms with Crippen LogP contribution in [0.4, 0.5) is 13.2 Å². The van der Waals surface area contributed by atoms with Crippen LogP contribution in [0.3, 0.4) is 0 Å². The van der Waals surface area contributed by atoms with Crippen LogP contribution in [0.15, 0.2) is 17.1 Å². The molecule has 0 spiro atoms. The van der Waals surface area contributed by atoms with Crippen molar-refractivity contribution in [2.24, 2.45) is 11.8 Å². The average Bonchev–Trinajstić information content (AvgIpc) is 2.57. The highest BCUT2D eigenvalue weighted by molar-refractivity contribution is 7.78. The van der Waals surface area contributed by atoms with E-state index in [0.717, 1.165) is 24.1 Å². The molecule has 0 aliphatic carbocycles. The third-order valence-electron chi connectivity index (χ3n) is 5.22. The molecule has 0 bridgehead atoms. The van der Waals surface area contributed by atoms with Gasteiger partial charge in [-0.1, -0.05) is 40.0 Å². The number of rotatable bonds is 8. The van der Waals surface area contributed by atoms with E-state index in [-0.39, 0.29) is 17.9 Å². The van der Waals surface area contributed by atoms with E-state index < -0.39 is 29.2 Å². The number of carbonyl (C=O) groups is 1. The van der Waals surface area contributed by atoms with Gasteiger partial charge in [0.1, 0.15) is 6.04 Å². The second-order valence-electron chi connectivity index (χ2n) is 7.86. The molecular formula is C19H28F3N3O2S. The molecule has 0 radical (unpaired) electrons. The molecule has 2 heterocycles. The maximum absolute atomic E-state index is 13.5. The first-order valence-electron chi connectivity index (χ1n) is 9.55. The predicted molar refractivity (Wildman–Crippen MR) is 105 cm³/mol. The summed E-state index contributed by atoms with van der Waals surface area (Å²) in [5, 5.41) is 0. The smallest absolute Gasteiger partial charge is 0.303 e. The SMILES string of the molecule is CCC1CN(CCc2cn(C(CC(C)C)C(=O)NS)c(=O)cc2C(F)(F)F)C1. The zero-order valence-electron chi connectivity index (χ0n) is 16.4. The molecule has 1 amide bonds. The van der Waals surface area contributed by atoms with E-state index >= 15 is 0 Å². The lowest BCUT2D eigenvalue weighted by Crippen LogP contribution is -2.47. The van der Waals surface area contributed by atoms with Crippen molar-refractivity contribution in [2.45, 2.75) is 52.3 Å². The summed E-state index contributed by atoms with van der Waals surface area (Å²) in [5.74, 6) is 0.157. The summed E-state index contributed by atoms with van der Waals surface area (Å²) in [5.41, 5.74) is -1.72. The van der Waals surface area contributed by atoms with Gasteiger partial charge in [-0.05, 0) is 30.2 Å². The highest BCUT2D eigenvalue weighted by Gasteiger charge is 2.35. The van der Waals surface area contributed by atoms with Gasteiger partial charge in [-0.2, -0.15) is 13.2 Å². The number of nitrogens with zero attached hydrogens (tertiary/aromatic N) is 2. The molecule has 0 saturated carbocycles. The Morgan fingerprint density at radius 1 is 1.36 bits per heavy atom. The first-order valence-corrected chi connectivity index (χ1v) is 10.00. The Balaban J connectivity index is 2.36. The zero-order valence-corrected chi connectivity index (χ0v) is 17.3. The Hall–Kier alpha value is -1.48. The molecule has 158 valence electrons. The van der Waals surface area contributed by atoms with Crippen LogP contribution in [0.1, 0.15) is 50.8 Å². The Morgan fingerprint density at radius 3 is 2.50 bits per heavy atom. The topological polar surface area (TPSA) is 54.3 Å². The predicted octanol–water partition coefficient (Wildman–Crippen LogP) is 3.30. The van der Waals surface area contributed by atoms with Crippen molar-refractivity contribution in [1.82, 2.24) is 14.2 Å². The van der Waals surface area contributed by atoms with Crippen molar-refractivity contribution in [3.63, 3.8) is 0 Å². The van der Waals surface area contributed by atoms with Crippen molar-refractivity contribution in [3.05, 3.63) is 33.7 Å². The minimum absolute atomic E-state index is 0.0350. The van der Waals surface area contributed by atoms with E-state index in [1.165, 1.54) is 6.20 Å². The molecule has 1 saturated heterocycles. The highest BCUT2D eigenvalue weighted by Crippen LogP contribution is 2.32. The van der Waals surface area contributed by atoms with Gasteiger partial charge in [-0.15, -0.1) is 0 Å². The molecule has 28 heavy (non-hydrogen) atoms. The number of thiol groups is 1. The summed E-state index contributed by atoms with van der Waals surface area (Å²) in [7, 11) is 0. The maximum Gasteiger partial charge on any atom is 0.416 e. The lowest BCUT2D eigenvalue weighted by Gasteiger charge is -2.39. The molecule has 1 aliphatic rings. The van der Waals surface area contributed by atoms with Crippen LogP contribution in [0.25, 0.3) is 0 Å². The van der Waals surface area contributed by atoms with Crippen LogP contribution >= 0.6 is 12.8 Å². The van der Waals surface area contributed by atoms with E-state index in [9.17, 15) is 22.8 Å². The van der Waals surface area contributed by atoms with Crippen molar-refractivity contribution in [3.8, 4) is 0 Å². The van der Waals surface area contributed by atoms with Gasteiger partial charge in [0.05, 0.1) is 5.56 Å². The van der Waals surface area contributed by atoms with E-state index in [1.807, 2.05) is 13.8 Å². The second-order valence-corrected chi connectivity index (χ2v) is 8.08. The Bertz CT molecular complexity index is 743. The van der Waals surface area contributed by atoms with Crippen LogP contribution in [0.2, 0.25) is 0 Å². The maximum atomic E-state index is 13.5. The number of pyridine rings is 1. The van der Waals surface area contributed by atoms with Gasteiger partial charge in [0.25, 0.3) is 11.5 Å². The van der Waals surface area contributed by atoms with E-state index in [0.29, 0.717) is 24.9 Å². The molecule has 1 aromatic rings. The first kappa shape index (κ1) is 22.8. The van der Waals surface area contributed by atoms with E-state index in [1.54, 1.807) is 0 Å². The number of aromatic nitrogens is 1. The molecule has 9 heteroatoms. The van der Waals surface area contributed by atoms with Crippen molar-refractivity contribution >= 4 is 18.7 Å². The van der Waals surface area contributed by atoms with Gasteiger partial charge in [0.2, 0.25) is 0 Å². The standard InChI is InChI=1S/C19H28F3N3O2S/c1-4-13-9-24(10-13)6-5-14-11-25(16(7-12(2)3)18(27)23-28)17(26)8-15(14)19(20,21)22/h8,11-13,16,28H,4-7,9-10H2,1-3H3,(H,23,27). The van der Waals surface area contributed by atoms with Crippen molar-refractivity contribution in [2.75, 3.05) is 19.6 Å². The summed E-state index contributed by atoms with van der Waals surface area (Å²) < 4.78 is 43.8. The van der Waals surface area contributed by atoms with Gasteiger partial charge in [-0.3, -0.25) is 9.59 Å². The van der Waals surface area contributed by atoms with Crippen LogP contribution in [-0.2, 0) is 17.4 Å². The van der Waals surface area contributed by atoms with Crippen molar-refractivity contribution < 1.29 is 18.0 Å². The van der Waals surface area contributed by atoms with E-state index in [4.69, 9.17) is 0 Å².